The lowest BCUT2D eigenvalue weighted by molar-refractivity contribution is 0.760. The molecular weight excluding hydrogens is 407 g/mol. The lowest BCUT2D eigenvalue weighted by atomic mass is 10.4. The molecule has 4 aromatic rings. The fourth-order valence-corrected chi connectivity index (χ4v) is 9.38. The summed E-state index contributed by atoms with van der Waals surface area (Å²) in [5, 5.41) is 5.06. The number of thioether (sulfide) groups is 1. The maximum absolute atomic E-state index is 13.9. The van der Waals surface area contributed by atoms with E-state index in [0.717, 1.165) is 32.1 Å². The summed E-state index contributed by atoms with van der Waals surface area (Å²) >= 11 is 1.55. The molecule has 150 valence electrons. The van der Waals surface area contributed by atoms with Crippen LogP contribution < -0.4 is 26.8 Å². The summed E-state index contributed by atoms with van der Waals surface area (Å²) < 4.78 is 1.68. The van der Waals surface area contributed by atoms with Crippen molar-refractivity contribution >= 4 is 40.2 Å². The molecule has 0 bridgehead atoms. The minimum absolute atomic E-state index is 0.0248. The van der Waals surface area contributed by atoms with Crippen LogP contribution in [0.15, 0.2) is 101 Å². The molecule has 0 unspecified atom stereocenters. The lowest BCUT2D eigenvalue weighted by Crippen LogP contribution is -2.48. The van der Waals surface area contributed by atoms with Gasteiger partial charge in [-0.15, -0.1) is 11.8 Å². The van der Waals surface area contributed by atoms with E-state index in [1.807, 2.05) is 38.4 Å². The fourth-order valence-electron chi connectivity index (χ4n) is 3.89. The van der Waals surface area contributed by atoms with E-state index in [1.165, 1.54) is 0 Å². The average Bonchev–Trinajstić information content (AvgIpc) is 2.81. The third-order valence-corrected chi connectivity index (χ3v) is 10.5. The van der Waals surface area contributed by atoms with Gasteiger partial charge in [0.15, 0.2) is 7.26 Å². The van der Waals surface area contributed by atoms with Crippen molar-refractivity contribution in [2.24, 2.45) is 7.05 Å². The van der Waals surface area contributed by atoms with Crippen molar-refractivity contribution in [3.05, 3.63) is 107 Å². The van der Waals surface area contributed by atoms with Gasteiger partial charge in [-0.05, 0) is 49.6 Å². The van der Waals surface area contributed by atoms with Crippen LogP contribution in [0, 0.1) is 6.92 Å². The van der Waals surface area contributed by atoms with E-state index >= 15 is 0 Å². The van der Waals surface area contributed by atoms with Crippen LogP contribution >= 0.6 is 19.0 Å². The molecule has 0 aliphatic rings. The first kappa shape index (κ1) is 20.6. The third-order valence-electron chi connectivity index (χ3n) is 5.42. The minimum atomic E-state index is -2.46. The molecule has 0 spiro atoms. The number of aromatic nitrogens is 2. The van der Waals surface area contributed by atoms with Crippen molar-refractivity contribution in [3.8, 4) is 0 Å². The largest absolute Gasteiger partial charge is 0.298 e. The SMILES string of the molecule is CSc1nc(C)n(C)c(=O)c1[P+](c1ccccc1)(c1ccccc1)c1ccccc1. The van der Waals surface area contributed by atoms with Crippen LogP contribution in [0.25, 0.3) is 0 Å². The van der Waals surface area contributed by atoms with Crippen LogP contribution in [-0.4, -0.2) is 15.8 Å². The standard InChI is InChI=1S/C25H24N2OPS/c1-19-26-24(30-3)23(25(28)27(19)2)29(20-13-7-4-8-14-20,21-15-9-5-10-16-21)22-17-11-6-12-18-22/h4-18H,1-3H3/q+1. The smallest absolute Gasteiger partial charge is 0.297 e. The molecule has 0 N–H and O–H groups in total. The molecule has 30 heavy (non-hydrogen) atoms. The van der Waals surface area contributed by atoms with E-state index in [-0.39, 0.29) is 5.56 Å². The summed E-state index contributed by atoms with van der Waals surface area (Å²) in [4.78, 5) is 18.7. The topological polar surface area (TPSA) is 34.9 Å². The van der Waals surface area contributed by atoms with Crippen LogP contribution in [0.1, 0.15) is 5.82 Å². The Labute approximate surface area is 182 Å². The zero-order valence-corrected chi connectivity index (χ0v) is 19.0. The zero-order valence-electron chi connectivity index (χ0n) is 17.3. The van der Waals surface area contributed by atoms with Gasteiger partial charge in [0.05, 0.1) is 0 Å². The summed E-state index contributed by atoms with van der Waals surface area (Å²) in [5.41, 5.74) is 0.0248. The Bertz CT molecular complexity index is 1110. The van der Waals surface area contributed by atoms with E-state index < -0.39 is 7.26 Å². The summed E-state index contributed by atoms with van der Waals surface area (Å²) in [6.45, 7) is 1.89. The Balaban J connectivity index is 2.27. The quantitative estimate of drug-likeness (QED) is 0.276. The van der Waals surface area contributed by atoms with Crippen LogP contribution in [0.3, 0.4) is 0 Å². The van der Waals surface area contributed by atoms with Gasteiger partial charge in [0.25, 0.3) is 5.56 Å². The number of benzene rings is 3. The second-order valence-corrected chi connectivity index (χ2v) is 11.2. The molecule has 5 heteroatoms. The van der Waals surface area contributed by atoms with Gasteiger partial charge in [-0.1, -0.05) is 54.6 Å². The van der Waals surface area contributed by atoms with E-state index in [0.29, 0.717) is 0 Å². The highest BCUT2D eigenvalue weighted by atomic mass is 32.2. The second kappa shape index (κ2) is 8.59. The van der Waals surface area contributed by atoms with Crippen molar-refractivity contribution in [1.82, 2.24) is 9.55 Å². The van der Waals surface area contributed by atoms with Crippen molar-refractivity contribution in [2.75, 3.05) is 6.26 Å². The highest BCUT2D eigenvalue weighted by Gasteiger charge is 2.52. The Hall–Kier alpha value is -2.68. The first-order valence-corrected chi connectivity index (χ1v) is 12.8. The molecule has 0 aliphatic carbocycles. The normalized spacial score (nSPS) is 11.4. The molecule has 3 nitrogen and oxygen atoms in total. The fraction of sp³-hybridized carbons (Fsp3) is 0.120. The maximum Gasteiger partial charge on any atom is 0.298 e. The molecule has 0 atom stereocenters. The Kier molecular flexibility index (Phi) is 5.90. The van der Waals surface area contributed by atoms with Crippen LogP contribution in [0.4, 0.5) is 0 Å². The third kappa shape index (κ3) is 3.30. The maximum atomic E-state index is 13.9. The first-order chi connectivity index (χ1) is 14.6. The molecule has 0 radical (unpaired) electrons. The van der Waals surface area contributed by atoms with E-state index in [9.17, 15) is 4.79 Å². The molecule has 3 aromatic carbocycles. The van der Waals surface area contributed by atoms with Crippen molar-refractivity contribution in [2.45, 2.75) is 11.9 Å². The Morgan fingerprint density at radius 2 is 1.17 bits per heavy atom. The molecule has 0 saturated heterocycles. The molecule has 0 aliphatic heterocycles. The van der Waals surface area contributed by atoms with E-state index in [1.54, 1.807) is 16.3 Å². The monoisotopic (exact) mass is 431 g/mol. The van der Waals surface area contributed by atoms with Crippen LogP contribution in [0.5, 0.6) is 0 Å². The number of hydrogen-bond donors (Lipinski definition) is 0. The Morgan fingerprint density at radius 3 is 1.53 bits per heavy atom. The van der Waals surface area contributed by atoms with Gasteiger partial charge in [-0.2, -0.15) is 0 Å². The van der Waals surface area contributed by atoms with Crippen molar-refractivity contribution < 1.29 is 0 Å². The van der Waals surface area contributed by atoms with Gasteiger partial charge >= 0.3 is 0 Å². The highest BCUT2D eigenvalue weighted by Crippen LogP contribution is 2.54. The number of hydrogen-bond acceptors (Lipinski definition) is 3. The molecule has 0 amide bonds. The minimum Gasteiger partial charge on any atom is -0.297 e. The van der Waals surface area contributed by atoms with Crippen molar-refractivity contribution in [3.63, 3.8) is 0 Å². The molecule has 1 aromatic heterocycles. The van der Waals surface area contributed by atoms with Gasteiger partial charge < -0.3 is 0 Å². The van der Waals surface area contributed by atoms with E-state index in [2.05, 4.69) is 72.8 Å². The van der Waals surface area contributed by atoms with Gasteiger partial charge in [0, 0.05) is 7.05 Å². The summed E-state index contributed by atoms with van der Waals surface area (Å²) in [7, 11) is -0.647. The average molecular weight is 432 g/mol. The number of rotatable bonds is 5. The van der Waals surface area contributed by atoms with Gasteiger partial charge in [-0.3, -0.25) is 9.36 Å². The number of aryl methyl sites for hydroxylation is 1. The van der Waals surface area contributed by atoms with Gasteiger partial charge in [0.1, 0.15) is 26.8 Å². The lowest BCUT2D eigenvalue weighted by Gasteiger charge is -2.28. The predicted molar refractivity (Wildman–Crippen MR) is 131 cm³/mol. The van der Waals surface area contributed by atoms with E-state index in [4.69, 9.17) is 4.98 Å². The molecular formula is C25H24N2OPS+. The second-order valence-electron chi connectivity index (χ2n) is 7.06. The summed E-state index contributed by atoms with van der Waals surface area (Å²) in [6, 6.07) is 31.3. The predicted octanol–water partition coefficient (Wildman–Crippen LogP) is 3.43. The van der Waals surface area contributed by atoms with Gasteiger partial charge in [-0.25, -0.2) is 4.98 Å². The number of nitrogens with zero attached hydrogens (tertiary/aromatic N) is 2. The first-order valence-electron chi connectivity index (χ1n) is 9.78. The van der Waals surface area contributed by atoms with Crippen molar-refractivity contribution in [1.29, 1.82) is 0 Å². The van der Waals surface area contributed by atoms with Crippen LogP contribution in [-0.2, 0) is 7.05 Å². The van der Waals surface area contributed by atoms with Crippen LogP contribution in [0.2, 0.25) is 0 Å². The summed E-state index contributed by atoms with van der Waals surface area (Å²) in [6.07, 6.45) is 2.00. The van der Waals surface area contributed by atoms with Gasteiger partial charge in [0.2, 0.25) is 5.30 Å². The molecule has 0 saturated carbocycles. The highest BCUT2D eigenvalue weighted by molar-refractivity contribution is 8.04. The molecule has 0 fully saturated rings. The summed E-state index contributed by atoms with van der Waals surface area (Å²) in [5.74, 6) is 0.723. The zero-order chi connectivity index (χ0) is 21.1. The molecule has 1 heterocycles. The molecule has 4 rings (SSSR count). The Morgan fingerprint density at radius 1 is 0.767 bits per heavy atom.